The molecule has 0 radical (unpaired) electrons. The Morgan fingerprint density at radius 2 is 1.95 bits per heavy atom. The topological polar surface area (TPSA) is 58.6 Å². The van der Waals surface area contributed by atoms with Crippen LogP contribution >= 0.6 is 0 Å². The van der Waals surface area contributed by atoms with E-state index in [9.17, 15) is 13.6 Å². The summed E-state index contributed by atoms with van der Waals surface area (Å²) in [7, 11) is 1.10. The minimum absolute atomic E-state index is 0.0477. The van der Waals surface area contributed by atoms with Gasteiger partial charge in [0.2, 0.25) is 0 Å². The van der Waals surface area contributed by atoms with Crippen molar-refractivity contribution in [3.8, 4) is 0 Å². The number of carbonyl (C=O) groups is 1. The summed E-state index contributed by atoms with van der Waals surface area (Å²) in [4.78, 5) is 11.3. The van der Waals surface area contributed by atoms with Crippen molar-refractivity contribution in [2.75, 3.05) is 19.0 Å². The number of aliphatic hydroxyl groups is 1. The molecule has 0 heterocycles. The van der Waals surface area contributed by atoms with Crippen molar-refractivity contribution in [1.29, 1.82) is 0 Å². The van der Waals surface area contributed by atoms with Crippen LogP contribution in [-0.4, -0.2) is 30.8 Å². The largest absolute Gasteiger partial charge is 0.465 e. The smallest absolute Gasteiger partial charge is 0.340 e. The zero-order valence-corrected chi connectivity index (χ0v) is 12.7. The van der Waals surface area contributed by atoms with Gasteiger partial charge in [0, 0.05) is 12.6 Å². The maximum absolute atomic E-state index is 14.0. The van der Waals surface area contributed by atoms with Crippen molar-refractivity contribution < 1.29 is 23.4 Å². The van der Waals surface area contributed by atoms with E-state index in [0.29, 0.717) is 6.42 Å². The van der Waals surface area contributed by atoms with Gasteiger partial charge in [-0.3, -0.25) is 0 Å². The second kappa shape index (κ2) is 6.85. The highest BCUT2D eigenvalue weighted by molar-refractivity contribution is 5.90. The van der Waals surface area contributed by atoms with E-state index >= 15 is 0 Å². The maximum Gasteiger partial charge on any atom is 0.340 e. The van der Waals surface area contributed by atoms with Gasteiger partial charge in [0.25, 0.3) is 0 Å². The zero-order chi connectivity index (χ0) is 16.2. The molecule has 0 aliphatic rings. The molecule has 0 aliphatic heterocycles. The number of benzene rings is 1. The van der Waals surface area contributed by atoms with Crippen molar-refractivity contribution in [3.05, 3.63) is 29.3 Å². The van der Waals surface area contributed by atoms with Crippen LogP contribution in [0.1, 0.15) is 37.6 Å². The van der Waals surface area contributed by atoms with Crippen molar-refractivity contribution >= 4 is 11.7 Å². The first-order valence-electron chi connectivity index (χ1n) is 6.66. The van der Waals surface area contributed by atoms with Crippen LogP contribution in [0.25, 0.3) is 0 Å². The number of ether oxygens (including phenoxy) is 1. The summed E-state index contributed by atoms with van der Waals surface area (Å²) < 4.78 is 32.3. The van der Waals surface area contributed by atoms with Crippen molar-refractivity contribution in [2.45, 2.75) is 33.2 Å². The van der Waals surface area contributed by atoms with Gasteiger partial charge in [0.05, 0.1) is 18.4 Å². The van der Waals surface area contributed by atoms with Crippen LogP contribution in [0.15, 0.2) is 12.1 Å². The Labute approximate surface area is 123 Å². The number of aliphatic hydroxyl groups excluding tert-OH is 1. The molecule has 2 N–H and O–H groups in total. The minimum atomic E-state index is -1.25. The highest BCUT2D eigenvalue weighted by atomic mass is 19.2. The molecule has 21 heavy (non-hydrogen) atoms. The fourth-order valence-electron chi connectivity index (χ4n) is 1.97. The van der Waals surface area contributed by atoms with Gasteiger partial charge in [-0.1, -0.05) is 20.8 Å². The molecule has 1 aromatic rings. The lowest BCUT2D eigenvalue weighted by atomic mass is 9.84. The van der Waals surface area contributed by atoms with Gasteiger partial charge in [-0.05, 0) is 24.0 Å². The summed E-state index contributed by atoms with van der Waals surface area (Å²) in [6.45, 7) is 5.71. The Morgan fingerprint density at radius 3 is 2.43 bits per heavy atom. The van der Waals surface area contributed by atoms with E-state index in [1.54, 1.807) is 0 Å². The highest BCUT2D eigenvalue weighted by Gasteiger charge is 2.26. The fraction of sp³-hybridized carbons (Fsp3) is 0.533. The van der Waals surface area contributed by atoms with Crippen LogP contribution in [-0.2, 0) is 4.74 Å². The number of methoxy groups -OCH3 is 1. The number of hydrogen-bond acceptors (Lipinski definition) is 4. The quantitative estimate of drug-likeness (QED) is 0.821. The molecule has 1 aromatic carbocycles. The van der Waals surface area contributed by atoms with Crippen LogP contribution in [0, 0.1) is 17.0 Å². The SMILES string of the molecule is COC(=O)c1ccc(NC(CCO)C(C)(C)C)c(F)c1F. The first-order valence-corrected chi connectivity index (χ1v) is 6.66. The van der Waals surface area contributed by atoms with Crippen molar-refractivity contribution in [1.82, 2.24) is 0 Å². The summed E-state index contributed by atoms with van der Waals surface area (Å²) in [5.41, 5.74) is -0.754. The van der Waals surface area contributed by atoms with E-state index in [2.05, 4.69) is 10.1 Å². The predicted octanol–water partition coefficient (Wildman–Crippen LogP) is 2.96. The first kappa shape index (κ1) is 17.4. The van der Waals surface area contributed by atoms with Gasteiger partial charge in [-0.2, -0.15) is 0 Å². The Balaban J connectivity index is 3.09. The Hall–Kier alpha value is -1.69. The third-order valence-electron chi connectivity index (χ3n) is 3.28. The predicted molar refractivity (Wildman–Crippen MR) is 76.3 cm³/mol. The number of anilines is 1. The summed E-state index contributed by atoms with van der Waals surface area (Å²) in [5, 5.41) is 12.0. The standard InChI is InChI=1S/C15H21F2NO3/c1-15(2,3)11(7-8-19)18-10-6-5-9(14(20)21-4)12(16)13(10)17/h5-6,11,18-19H,7-8H2,1-4H3. The number of esters is 1. The molecule has 1 rings (SSSR count). The van der Waals surface area contributed by atoms with Crippen molar-refractivity contribution in [3.63, 3.8) is 0 Å². The molecule has 0 fully saturated rings. The first-order chi connectivity index (χ1) is 9.72. The lowest BCUT2D eigenvalue weighted by molar-refractivity contribution is 0.0594. The molecule has 0 aliphatic carbocycles. The van der Waals surface area contributed by atoms with Crippen LogP contribution in [0.2, 0.25) is 0 Å². The Bertz CT molecular complexity index is 512. The summed E-state index contributed by atoms with van der Waals surface area (Å²) >= 11 is 0. The zero-order valence-electron chi connectivity index (χ0n) is 12.7. The van der Waals surface area contributed by atoms with E-state index in [1.807, 2.05) is 20.8 Å². The van der Waals surface area contributed by atoms with Gasteiger partial charge in [-0.15, -0.1) is 0 Å². The average molecular weight is 301 g/mol. The average Bonchev–Trinajstić information content (AvgIpc) is 2.41. The second-order valence-electron chi connectivity index (χ2n) is 5.86. The number of hydrogen-bond donors (Lipinski definition) is 2. The van der Waals surface area contributed by atoms with Crippen LogP contribution < -0.4 is 5.32 Å². The van der Waals surface area contributed by atoms with Gasteiger partial charge in [0.1, 0.15) is 0 Å². The molecule has 0 saturated heterocycles. The number of halogens is 2. The Kier molecular flexibility index (Phi) is 5.66. The summed E-state index contributed by atoms with van der Waals surface area (Å²) in [6, 6.07) is 2.21. The molecule has 0 saturated carbocycles. The fourth-order valence-corrected chi connectivity index (χ4v) is 1.97. The van der Waals surface area contributed by atoms with Crippen LogP contribution in [0.5, 0.6) is 0 Å². The van der Waals surface area contributed by atoms with E-state index in [1.165, 1.54) is 12.1 Å². The molecule has 0 bridgehead atoms. The third-order valence-corrected chi connectivity index (χ3v) is 3.28. The molecule has 1 atom stereocenters. The molecule has 118 valence electrons. The van der Waals surface area contributed by atoms with Gasteiger partial charge in [-0.25, -0.2) is 13.6 Å². The maximum atomic E-state index is 14.0. The number of carbonyl (C=O) groups excluding carboxylic acids is 1. The third kappa shape index (κ3) is 4.14. The molecular weight excluding hydrogens is 280 g/mol. The monoisotopic (exact) mass is 301 g/mol. The molecule has 1 unspecified atom stereocenters. The number of rotatable bonds is 5. The molecule has 6 heteroatoms. The second-order valence-corrected chi connectivity index (χ2v) is 5.86. The summed E-state index contributed by atoms with van der Waals surface area (Å²) in [6.07, 6.45) is 0.392. The van der Waals surface area contributed by atoms with E-state index in [-0.39, 0.29) is 23.8 Å². The summed E-state index contributed by atoms with van der Waals surface area (Å²) in [5.74, 6) is -3.31. The van der Waals surface area contributed by atoms with E-state index < -0.39 is 23.2 Å². The van der Waals surface area contributed by atoms with E-state index in [0.717, 1.165) is 7.11 Å². The lowest BCUT2D eigenvalue weighted by Crippen LogP contribution is -2.35. The molecule has 4 nitrogen and oxygen atoms in total. The van der Waals surface area contributed by atoms with E-state index in [4.69, 9.17) is 5.11 Å². The van der Waals surface area contributed by atoms with Crippen molar-refractivity contribution in [2.24, 2.45) is 5.41 Å². The molecule has 0 aromatic heterocycles. The van der Waals surface area contributed by atoms with Gasteiger partial charge >= 0.3 is 5.97 Å². The normalized spacial score (nSPS) is 12.9. The molecule has 0 amide bonds. The highest BCUT2D eigenvalue weighted by Crippen LogP contribution is 2.28. The number of nitrogens with one attached hydrogen (secondary N) is 1. The molecule has 0 spiro atoms. The minimum Gasteiger partial charge on any atom is -0.465 e. The van der Waals surface area contributed by atoms with Gasteiger partial charge in [0.15, 0.2) is 11.6 Å². The molecular formula is C15H21F2NO3. The van der Waals surface area contributed by atoms with Crippen LogP contribution in [0.3, 0.4) is 0 Å². The van der Waals surface area contributed by atoms with Crippen LogP contribution in [0.4, 0.5) is 14.5 Å². The lowest BCUT2D eigenvalue weighted by Gasteiger charge is -2.32. The van der Waals surface area contributed by atoms with Gasteiger partial charge < -0.3 is 15.2 Å². The Morgan fingerprint density at radius 1 is 1.33 bits per heavy atom.